The van der Waals surface area contributed by atoms with Crippen molar-refractivity contribution in [3.8, 4) is 5.75 Å². The van der Waals surface area contributed by atoms with E-state index in [0.29, 0.717) is 18.5 Å². The van der Waals surface area contributed by atoms with Gasteiger partial charge in [-0.3, -0.25) is 4.98 Å². The van der Waals surface area contributed by atoms with Crippen LogP contribution in [0.1, 0.15) is 25.7 Å². The van der Waals surface area contributed by atoms with Gasteiger partial charge in [0.05, 0.1) is 6.20 Å². The molecule has 2 aromatic rings. The van der Waals surface area contributed by atoms with Crippen LogP contribution in [0.25, 0.3) is 0 Å². The number of imidazole rings is 1. The predicted octanol–water partition coefficient (Wildman–Crippen LogP) is 2.02. The van der Waals surface area contributed by atoms with Crippen molar-refractivity contribution in [2.75, 3.05) is 5.73 Å². The second-order valence-electron chi connectivity index (χ2n) is 4.06. The molecule has 0 saturated heterocycles. The first-order valence-electron chi connectivity index (χ1n) is 5.53. The highest BCUT2D eigenvalue weighted by atomic mass is 16.5. The number of nitrogens with zero attached hydrogens (tertiary/aromatic N) is 3. The lowest BCUT2D eigenvalue weighted by Gasteiger charge is -2.11. The number of nitrogens with two attached hydrogens (primary N) is 1. The molecule has 0 aliphatic carbocycles. The summed E-state index contributed by atoms with van der Waals surface area (Å²) in [6.07, 6.45) is 5.21. The van der Waals surface area contributed by atoms with Crippen LogP contribution in [0, 0.1) is 0 Å². The molecule has 5 nitrogen and oxygen atoms in total. The Balaban J connectivity index is 2.09. The highest BCUT2D eigenvalue weighted by molar-refractivity contribution is 5.26. The average molecular weight is 232 g/mol. The Morgan fingerprint density at radius 3 is 2.94 bits per heavy atom. The van der Waals surface area contributed by atoms with Gasteiger partial charge < -0.3 is 15.0 Å². The molecule has 0 aromatic carbocycles. The molecule has 90 valence electrons. The fourth-order valence-corrected chi connectivity index (χ4v) is 1.59. The number of hydrogen-bond donors (Lipinski definition) is 1. The summed E-state index contributed by atoms with van der Waals surface area (Å²) in [4.78, 5) is 8.23. The number of rotatable bonds is 4. The van der Waals surface area contributed by atoms with Crippen molar-refractivity contribution in [2.24, 2.45) is 0 Å². The molecule has 0 saturated carbocycles. The Labute approximate surface area is 100 Å². The summed E-state index contributed by atoms with van der Waals surface area (Å²) in [5.74, 6) is 2.06. The third-order valence-electron chi connectivity index (χ3n) is 2.39. The molecule has 0 fully saturated rings. The van der Waals surface area contributed by atoms with Crippen LogP contribution < -0.4 is 10.5 Å². The van der Waals surface area contributed by atoms with Crippen LogP contribution in [-0.2, 0) is 6.61 Å². The summed E-state index contributed by atoms with van der Waals surface area (Å²) < 4.78 is 7.60. The number of ether oxygens (including phenoxy) is 1. The topological polar surface area (TPSA) is 66.0 Å². The first kappa shape index (κ1) is 11.4. The van der Waals surface area contributed by atoms with Gasteiger partial charge in [0, 0.05) is 18.4 Å². The molecule has 0 spiro atoms. The first-order valence-corrected chi connectivity index (χ1v) is 5.53. The van der Waals surface area contributed by atoms with Crippen LogP contribution in [0.15, 0.2) is 30.7 Å². The minimum absolute atomic E-state index is 0.312. The van der Waals surface area contributed by atoms with Gasteiger partial charge in [0.15, 0.2) is 0 Å². The van der Waals surface area contributed by atoms with Gasteiger partial charge in [-0.1, -0.05) is 0 Å². The predicted molar refractivity (Wildman–Crippen MR) is 65.6 cm³/mol. The standard InChI is InChI=1S/C12H16N4O/c1-9(2)16-7-11(13)15-12(16)8-17-10-4-3-5-14-6-10/h3-7,9H,8,13H2,1-2H3. The molecule has 2 heterocycles. The number of pyridine rings is 1. The van der Waals surface area contributed by atoms with Gasteiger partial charge in [-0.05, 0) is 26.0 Å². The van der Waals surface area contributed by atoms with Crippen molar-refractivity contribution >= 4 is 5.82 Å². The van der Waals surface area contributed by atoms with E-state index in [4.69, 9.17) is 10.5 Å². The van der Waals surface area contributed by atoms with Crippen LogP contribution in [0.4, 0.5) is 5.82 Å². The van der Waals surface area contributed by atoms with E-state index in [9.17, 15) is 0 Å². The van der Waals surface area contributed by atoms with Gasteiger partial charge in [0.1, 0.15) is 24.0 Å². The summed E-state index contributed by atoms with van der Waals surface area (Å²) in [5.41, 5.74) is 5.69. The second kappa shape index (κ2) is 4.86. The van der Waals surface area contributed by atoms with Crippen molar-refractivity contribution in [1.82, 2.24) is 14.5 Å². The number of nitrogen functional groups attached to an aromatic ring is 1. The van der Waals surface area contributed by atoms with Gasteiger partial charge in [-0.2, -0.15) is 0 Å². The minimum Gasteiger partial charge on any atom is -0.484 e. The van der Waals surface area contributed by atoms with Crippen molar-refractivity contribution < 1.29 is 4.74 Å². The fourth-order valence-electron chi connectivity index (χ4n) is 1.59. The van der Waals surface area contributed by atoms with Crippen molar-refractivity contribution in [2.45, 2.75) is 26.5 Å². The van der Waals surface area contributed by atoms with E-state index in [2.05, 4.69) is 23.8 Å². The monoisotopic (exact) mass is 232 g/mol. The summed E-state index contributed by atoms with van der Waals surface area (Å²) >= 11 is 0. The van der Waals surface area contributed by atoms with Crippen LogP contribution in [0.5, 0.6) is 5.75 Å². The average Bonchev–Trinajstić information content (AvgIpc) is 2.69. The lowest BCUT2D eigenvalue weighted by molar-refractivity contribution is 0.285. The van der Waals surface area contributed by atoms with Crippen LogP contribution >= 0.6 is 0 Å². The molecule has 0 aliphatic heterocycles. The maximum atomic E-state index is 5.69. The summed E-state index contributed by atoms with van der Waals surface area (Å²) in [6.45, 7) is 4.55. The third-order valence-corrected chi connectivity index (χ3v) is 2.39. The molecule has 0 unspecified atom stereocenters. The molecule has 0 radical (unpaired) electrons. The molecule has 0 amide bonds. The molecule has 2 aromatic heterocycles. The Morgan fingerprint density at radius 1 is 1.47 bits per heavy atom. The Hall–Kier alpha value is -2.04. The Bertz CT molecular complexity index is 479. The maximum Gasteiger partial charge on any atom is 0.149 e. The van der Waals surface area contributed by atoms with Gasteiger partial charge in [-0.15, -0.1) is 0 Å². The highest BCUT2D eigenvalue weighted by Gasteiger charge is 2.09. The van der Waals surface area contributed by atoms with Crippen molar-refractivity contribution in [3.63, 3.8) is 0 Å². The number of hydrogen-bond acceptors (Lipinski definition) is 4. The van der Waals surface area contributed by atoms with Crippen molar-refractivity contribution in [3.05, 3.63) is 36.5 Å². The Morgan fingerprint density at radius 2 is 2.29 bits per heavy atom. The zero-order valence-corrected chi connectivity index (χ0v) is 10.00. The third kappa shape index (κ3) is 2.75. The van der Waals surface area contributed by atoms with E-state index in [1.807, 2.05) is 22.9 Å². The van der Waals surface area contributed by atoms with Gasteiger partial charge in [0.2, 0.25) is 0 Å². The van der Waals surface area contributed by atoms with E-state index >= 15 is 0 Å². The molecule has 5 heteroatoms. The number of aromatic nitrogens is 3. The van der Waals surface area contributed by atoms with E-state index in [-0.39, 0.29) is 0 Å². The minimum atomic E-state index is 0.312. The molecule has 0 aliphatic rings. The number of anilines is 1. The van der Waals surface area contributed by atoms with Crippen LogP contribution in [-0.4, -0.2) is 14.5 Å². The first-order chi connectivity index (χ1) is 8.16. The second-order valence-corrected chi connectivity index (χ2v) is 4.06. The largest absolute Gasteiger partial charge is 0.484 e. The van der Waals surface area contributed by atoms with Gasteiger partial charge in [0.25, 0.3) is 0 Å². The zero-order chi connectivity index (χ0) is 12.3. The lowest BCUT2D eigenvalue weighted by atomic mass is 10.4. The van der Waals surface area contributed by atoms with Crippen molar-refractivity contribution in [1.29, 1.82) is 0 Å². The molecule has 2 rings (SSSR count). The van der Waals surface area contributed by atoms with Crippen LogP contribution in [0.2, 0.25) is 0 Å². The zero-order valence-electron chi connectivity index (χ0n) is 10.00. The molecule has 0 atom stereocenters. The fraction of sp³-hybridized carbons (Fsp3) is 0.333. The van der Waals surface area contributed by atoms with Gasteiger partial charge >= 0.3 is 0 Å². The normalized spacial score (nSPS) is 10.8. The molecule has 0 bridgehead atoms. The summed E-state index contributed by atoms with van der Waals surface area (Å²) in [5, 5.41) is 0. The van der Waals surface area contributed by atoms with Crippen LogP contribution in [0.3, 0.4) is 0 Å². The maximum absolute atomic E-state index is 5.69. The lowest BCUT2D eigenvalue weighted by Crippen LogP contribution is -2.08. The van der Waals surface area contributed by atoms with E-state index in [1.165, 1.54) is 0 Å². The van der Waals surface area contributed by atoms with E-state index in [0.717, 1.165) is 11.6 Å². The quantitative estimate of drug-likeness (QED) is 0.875. The summed E-state index contributed by atoms with van der Waals surface area (Å²) in [7, 11) is 0. The SMILES string of the molecule is CC(C)n1cc(N)nc1COc1cccnc1. The molecular weight excluding hydrogens is 216 g/mol. The molecule has 2 N–H and O–H groups in total. The smallest absolute Gasteiger partial charge is 0.149 e. The highest BCUT2D eigenvalue weighted by Crippen LogP contribution is 2.15. The Kier molecular flexibility index (Phi) is 3.27. The van der Waals surface area contributed by atoms with E-state index in [1.54, 1.807) is 12.4 Å². The molecular formula is C12H16N4O. The summed E-state index contributed by atoms with van der Waals surface area (Å²) in [6, 6.07) is 4.00. The van der Waals surface area contributed by atoms with Gasteiger partial charge in [-0.25, -0.2) is 4.98 Å². The molecule has 17 heavy (non-hydrogen) atoms. The van der Waals surface area contributed by atoms with E-state index < -0.39 is 0 Å².